The van der Waals surface area contributed by atoms with Crippen molar-refractivity contribution in [2.75, 3.05) is 14.2 Å². The molecule has 124 valence electrons. The zero-order valence-corrected chi connectivity index (χ0v) is 15.1. The van der Waals surface area contributed by atoms with Gasteiger partial charge in [0.15, 0.2) is 5.11 Å². The fraction of sp³-hybridized carbons (Fsp3) is 0.222. The smallest absolute Gasteiger partial charge is 0.189 e. The van der Waals surface area contributed by atoms with Crippen molar-refractivity contribution in [2.45, 2.75) is 12.5 Å². The summed E-state index contributed by atoms with van der Waals surface area (Å²) in [5, 5.41) is 10.8. The molecule has 1 atom stereocenters. The summed E-state index contributed by atoms with van der Waals surface area (Å²) in [4.78, 5) is 0. The maximum Gasteiger partial charge on any atom is 0.189 e. The molecule has 2 aromatic rings. The molecule has 0 aliphatic carbocycles. The Bertz CT molecular complexity index is 793. The quantitative estimate of drug-likeness (QED) is 0.840. The van der Waals surface area contributed by atoms with Crippen molar-refractivity contribution in [3.63, 3.8) is 0 Å². The van der Waals surface area contributed by atoms with Crippen LogP contribution in [0.5, 0.6) is 5.75 Å². The number of hydrazone groups is 1. The Kier molecular flexibility index (Phi) is 5.02. The summed E-state index contributed by atoms with van der Waals surface area (Å²) in [6.45, 7) is 0. The van der Waals surface area contributed by atoms with Crippen molar-refractivity contribution >= 4 is 34.6 Å². The summed E-state index contributed by atoms with van der Waals surface area (Å²) in [5.41, 5.74) is 2.96. The van der Waals surface area contributed by atoms with E-state index in [1.807, 2.05) is 47.5 Å². The number of rotatable bonds is 3. The average Bonchev–Trinajstić information content (AvgIpc) is 3.06. The Morgan fingerprint density at radius 1 is 1.29 bits per heavy atom. The number of ether oxygens (including phenoxy) is 1. The highest BCUT2D eigenvalue weighted by molar-refractivity contribution is 7.80. The van der Waals surface area contributed by atoms with Gasteiger partial charge in [0, 0.05) is 24.1 Å². The molecule has 1 aliphatic heterocycles. The summed E-state index contributed by atoms with van der Waals surface area (Å²) in [6, 6.07) is 15.7. The van der Waals surface area contributed by atoms with Crippen LogP contribution < -0.4 is 10.1 Å². The zero-order valence-electron chi connectivity index (χ0n) is 13.5. The van der Waals surface area contributed by atoms with Gasteiger partial charge in [-0.3, -0.25) is 0 Å². The molecule has 24 heavy (non-hydrogen) atoms. The summed E-state index contributed by atoms with van der Waals surface area (Å²) in [5.74, 6) is 0.814. The Labute approximate surface area is 152 Å². The predicted molar refractivity (Wildman–Crippen MR) is 102 cm³/mol. The Morgan fingerprint density at radius 2 is 2.08 bits per heavy atom. The van der Waals surface area contributed by atoms with Gasteiger partial charge in [0.1, 0.15) is 5.75 Å². The molecule has 1 N–H and O–H groups in total. The van der Waals surface area contributed by atoms with E-state index >= 15 is 0 Å². The minimum absolute atomic E-state index is 0.00585. The SMILES string of the molecule is CNC(=S)N1N=C(c2ccccc2Cl)CC1c1cccc(OC)c1. The molecule has 2 aromatic carbocycles. The molecule has 0 aromatic heterocycles. The minimum atomic E-state index is 0.00585. The molecule has 1 unspecified atom stereocenters. The molecule has 6 heteroatoms. The highest BCUT2D eigenvalue weighted by atomic mass is 35.5. The summed E-state index contributed by atoms with van der Waals surface area (Å²) < 4.78 is 5.34. The zero-order chi connectivity index (χ0) is 17.1. The standard InChI is InChI=1S/C18H18ClN3OS/c1-20-18(24)22-17(12-6-5-7-13(10-12)23-2)11-16(21-22)14-8-3-4-9-15(14)19/h3-10,17H,11H2,1-2H3,(H,20,24). The van der Waals surface area contributed by atoms with Crippen LogP contribution in [-0.4, -0.2) is 30.0 Å². The van der Waals surface area contributed by atoms with Crippen LogP contribution in [0.3, 0.4) is 0 Å². The molecule has 1 heterocycles. The number of nitrogens with one attached hydrogen (secondary N) is 1. The maximum atomic E-state index is 6.34. The van der Waals surface area contributed by atoms with Gasteiger partial charge in [-0.25, -0.2) is 5.01 Å². The lowest BCUT2D eigenvalue weighted by atomic mass is 9.98. The predicted octanol–water partition coefficient (Wildman–Crippen LogP) is 4.00. The molecular formula is C18H18ClN3OS. The monoisotopic (exact) mass is 359 g/mol. The normalized spacial score (nSPS) is 16.7. The number of hydrogen-bond donors (Lipinski definition) is 1. The first kappa shape index (κ1) is 16.7. The van der Waals surface area contributed by atoms with E-state index in [2.05, 4.69) is 11.4 Å². The summed E-state index contributed by atoms with van der Waals surface area (Å²) in [6.07, 6.45) is 0.721. The molecule has 0 saturated carbocycles. The lowest BCUT2D eigenvalue weighted by molar-refractivity contribution is 0.363. The van der Waals surface area contributed by atoms with E-state index in [1.165, 1.54) is 0 Å². The first-order chi connectivity index (χ1) is 11.6. The molecule has 0 amide bonds. The topological polar surface area (TPSA) is 36.9 Å². The Hall–Kier alpha value is -2.11. The van der Waals surface area contributed by atoms with Crippen LogP contribution in [-0.2, 0) is 0 Å². The molecule has 1 aliphatic rings. The lowest BCUT2D eigenvalue weighted by Crippen LogP contribution is -2.34. The maximum absolute atomic E-state index is 6.34. The molecule has 0 bridgehead atoms. The van der Waals surface area contributed by atoms with Crippen molar-refractivity contribution < 1.29 is 4.74 Å². The third kappa shape index (κ3) is 3.23. The van der Waals surface area contributed by atoms with Gasteiger partial charge < -0.3 is 10.1 Å². The van der Waals surface area contributed by atoms with Gasteiger partial charge in [0.2, 0.25) is 0 Å². The fourth-order valence-corrected chi connectivity index (χ4v) is 3.19. The highest BCUT2D eigenvalue weighted by Crippen LogP contribution is 2.35. The highest BCUT2D eigenvalue weighted by Gasteiger charge is 2.31. The molecule has 4 nitrogen and oxygen atoms in total. The van der Waals surface area contributed by atoms with Crippen LogP contribution in [0.15, 0.2) is 53.6 Å². The van der Waals surface area contributed by atoms with Crippen LogP contribution in [0.2, 0.25) is 5.02 Å². The van der Waals surface area contributed by atoms with Crippen molar-refractivity contribution in [2.24, 2.45) is 5.10 Å². The third-order valence-electron chi connectivity index (χ3n) is 4.00. The number of nitrogens with zero attached hydrogens (tertiary/aromatic N) is 2. The van der Waals surface area contributed by atoms with Gasteiger partial charge in [-0.05, 0) is 36.0 Å². The van der Waals surface area contributed by atoms with Crippen molar-refractivity contribution in [3.8, 4) is 5.75 Å². The van der Waals surface area contributed by atoms with Gasteiger partial charge in [0.25, 0.3) is 0 Å². The molecule has 0 saturated heterocycles. The van der Waals surface area contributed by atoms with E-state index in [0.29, 0.717) is 10.1 Å². The van der Waals surface area contributed by atoms with Crippen molar-refractivity contribution in [1.82, 2.24) is 10.3 Å². The van der Waals surface area contributed by atoms with Gasteiger partial charge in [-0.1, -0.05) is 41.9 Å². The van der Waals surface area contributed by atoms with Crippen LogP contribution in [0.4, 0.5) is 0 Å². The summed E-state index contributed by atoms with van der Waals surface area (Å²) in [7, 11) is 3.46. The van der Waals surface area contributed by atoms with Crippen LogP contribution in [0.25, 0.3) is 0 Å². The first-order valence-corrected chi connectivity index (χ1v) is 8.40. The number of hydrogen-bond acceptors (Lipinski definition) is 3. The third-order valence-corrected chi connectivity index (χ3v) is 4.72. The Balaban J connectivity index is 1.98. The van der Waals surface area contributed by atoms with Gasteiger partial charge in [-0.2, -0.15) is 5.10 Å². The van der Waals surface area contributed by atoms with Crippen LogP contribution >= 0.6 is 23.8 Å². The molecule has 0 fully saturated rings. The van der Waals surface area contributed by atoms with E-state index in [1.54, 1.807) is 14.2 Å². The fourth-order valence-electron chi connectivity index (χ4n) is 2.78. The molecule has 0 spiro atoms. The first-order valence-electron chi connectivity index (χ1n) is 7.61. The number of methoxy groups -OCH3 is 1. The molecule has 3 rings (SSSR count). The summed E-state index contributed by atoms with van der Waals surface area (Å²) >= 11 is 11.8. The van der Waals surface area contributed by atoms with E-state index in [4.69, 9.17) is 33.7 Å². The van der Waals surface area contributed by atoms with Gasteiger partial charge in [0.05, 0.1) is 18.9 Å². The second kappa shape index (κ2) is 7.20. The van der Waals surface area contributed by atoms with Crippen LogP contribution in [0, 0.1) is 0 Å². The Morgan fingerprint density at radius 3 is 2.79 bits per heavy atom. The van der Waals surface area contributed by atoms with Crippen LogP contribution in [0.1, 0.15) is 23.6 Å². The average molecular weight is 360 g/mol. The second-order valence-corrected chi connectivity index (χ2v) is 6.22. The number of thiocarbonyl (C=S) groups is 1. The van der Waals surface area contributed by atoms with E-state index < -0.39 is 0 Å². The molecular weight excluding hydrogens is 342 g/mol. The lowest BCUT2D eigenvalue weighted by Gasteiger charge is -2.24. The minimum Gasteiger partial charge on any atom is -0.497 e. The van der Waals surface area contributed by atoms with Crippen molar-refractivity contribution in [1.29, 1.82) is 0 Å². The van der Waals surface area contributed by atoms with E-state index in [9.17, 15) is 0 Å². The van der Waals surface area contributed by atoms with E-state index in [0.717, 1.165) is 29.0 Å². The van der Waals surface area contributed by atoms with E-state index in [-0.39, 0.29) is 6.04 Å². The molecule has 0 radical (unpaired) electrons. The number of halogens is 1. The second-order valence-electron chi connectivity index (χ2n) is 5.42. The van der Waals surface area contributed by atoms with Crippen molar-refractivity contribution in [3.05, 3.63) is 64.7 Å². The number of benzene rings is 2. The van der Waals surface area contributed by atoms with Gasteiger partial charge >= 0.3 is 0 Å². The largest absolute Gasteiger partial charge is 0.497 e. The van der Waals surface area contributed by atoms with Gasteiger partial charge in [-0.15, -0.1) is 0 Å².